The minimum Gasteiger partial charge on any atom is -0.278 e. The third-order valence-electron chi connectivity index (χ3n) is 1.84. The first-order valence-corrected chi connectivity index (χ1v) is 5.18. The van der Waals surface area contributed by atoms with Gasteiger partial charge in [0.25, 0.3) is 0 Å². The summed E-state index contributed by atoms with van der Waals surface area (Å²) in [7, 11) is 0. The van der Waals surface area contributed by atoms with Gasteiger partial charge in [-0.05, 0) is 24.3 Å². The summed E-state index contributed by atoms with van der Waals surface area (Å²) in [5.41, 5.74) is 0.769. The molecule has 0 radical (unpaired) electrons. The maximum absolute atomic E-state index is 11.2. The van der Waals surface area contributed by atoms with Gasteiger partial charge in [-0.2, -0.15) is 0 Å². The van der Waals surface area contributed by atoms with E-state index in [0.29, 0.717) is 4.88 Å². The van der Waals surface area contributed by atoms with Crippen molar-refractivity contribution in [1.82, 2.24) is 4.98 Å². The number of pyridine rings is 1. The van der Waals surface area contributed by atoms with E-state index < -0.39 is 5.97 Å². The molecule has 0 atom stereocenters. The third kappa shape index (κ3) is 2.12. The summed E-state index contributed by atoms with van der Waals surface area (Å²) >= 11 is 1.20. The summed E-state index contributed by atoms with van der Waals surface area (Å²) in [4.78, 5) is 30.2. The van der Waals surface area contributed by atoms with Crippen LogP contribution in [0.2, 0.25) is 0 Å². The Morgan fingerprint density at radius 3 is 2.88 bits per heavy atom. The quantitative estimate of drug-likeness (QED) is 0.604. The fourth-order valence-electron chi connectivity index (χ4n) is 1.17. The van der Waals surface area contributed by atoms with Gasteiger partial charge in [0.05, 0.1) is 10.6 Å². The van der Waals surface area contributed by atoms with Crippen molar-refractivity contribution in [3.63, 3.8) is 0 Å². The second-order valence-electron chi connectivity index (χ2n) is 2.83. The third-order valence-corrected chi connectivity index (χ3v) is 2.93. The zero-order valence-electron chi connectivity index (χ0n) is 7.99. The van der Waals surface area contributed by atoms with Crippen molar-refractivity contribution >= 4 is 17.3 Å². The number of nitrogens with zero attached hydrogens (tertiary/aromatic N) is 2. The molecule has 5 nitrogen and oxygen atoms in total. The van der Waals surface area contributed by atoms with E-state index in [1.54, 1.807) is 18.3 Å². The number of rotatable bonds is 3. The van der Waals surface area contributed by atoms with Crippen molar-refractivity contribution in [2.75, 3.05) is 0 Å². The highest BCUT2D eigenvalue weighted by Gasteiger charge is 2.12. The van der Waals surface area contributed by atoms with Gasteiger partial charge in [-0.1, -0.05) is 6.07 Å². The molecule has 2 heterocycles. The second kappa shape index (κ2) is 4.63. The summed E-state index contributed by atoms with van der Waals surface area (Å²) in [5.74, 6) is -0.748. The van der Waals surface area contributed by atoms with Crippen molar-refractivity contribution in [2.24, 2.45) is 5.34 Å². The van der Waals surface area contributed by atoms with Crippen LogP contribution in [0.5, 0.6) is 0 Å². The molecule has 0 fully saturated rings. The predicted molar refractivity (Wildman–Crippen MR) is 58.8 cm³/mol. The molecule has 0 N–H and O–H groups in total. The Hall–Kier alpha value is -2.08. The topological polar surface area (TPSA) is 68.6 Å². The fourth-order valence-corrected chi connectivity index (χ4v) is 2.03. The van der Waals surface area contributed by atoms with Crippen molar-refractivity contribution in [3.05, 3.63) is 46.3 Å². The summed E-state index contributed by atoms with van der Waals surface area (Å²) in [6.45, 7) is 0. The highest BCUT2D eigenvalue weighted by atomic mass is 32.1. The largest absolute Gasteiger partial charge is 0.379 e. The first-order valence-electron chi connectivity index (χ1n) is 4.36. The maximum Gasteiger partial charge on any atom is 0.379 e. The Morgan fingerprint density at radius 2 is 2.19 bits per heavy atom. The monoisotopic (exact) mass is 234 g/mol. The van der Waals surface area contributed by atoms with Crippen LogP contribution in [-0.4, -0.2) is 11.0 Å². The van der Waals surface area contributed by atoms with Crippen LogP contribution in [0.4, 0.5) is 0 Å². The standard InChI is InChI=1S/C10H6N2O3S/c13-10(15-12-14)9-5-4-8(16-9)7-3-1-2-6-11-7/h1-6H. The van der Waals surface area contributed by atoms with E-state index >= 15 is 0 Å². The molecule has 2 rings (SSSR count). The van der Waals surface area contributed by atoms with Gasteiger partial charge in [0.1, 0.15) is 4.88 Å². The Kier molecular flexibility index (Phi) is 3.02. The highest BCUT2D eigenvalue weighted by molar-refractivity contribution is 7.17. The Bertz CT molecular complexity index is 510. The number of carbonyl (C=O) groups is 1. The Labute approximate surface area is 94.6 Å². The molecule has 0 aliphatic rings. The van der Waals surface area contributed by atoms with Crippen LogP contribution in [0.15, 0.2) is 41.9 Å². The minimum atomic E-state index is -0.748. The van der Waals surface area contributed by atoms with Crippen LogP contribution < -0.4 is 0 Å². The second-order valence-corrected chi connectivity index (χ2v) is 3.92. The van der Waals surface area contributed by atoms with Gasteiger partial charge < -0.3 is 0 Å². The molecule has 0 aliphatic heterocycles. The van der Waals surface area contributed by atoms with Gasteiger partial charge >= 0.3 is 5.97 Å². The molecule has 16 heavy (non-hydrogen) atoms. The molecule has 0 aromatic carbocycles. The molecular formula is C10H6N2O3S. The van der Waals surface area contributed by atoms with Crippen LogP contribution in [0.3, 0.4) is 0 Å². The normalized spacial score (nSPS) is 9.75. The molecule has 80 valence electrons. The van der Waals surface area contributed by atoms with Gasteiger partial charge in [-0.25, -0.2) is 4.79 Å². The first kappa shape index (κ1) is 10.4. The average molecular weight is 234 g/mol. The molecule has 6 heteroatoms. The van der Waals surface area contributed by atoms with E-state index in [1.165, 1.54) is 11.3 Å². The lowest BCUT2D eigenvalue weighted by Gasteiger charge is -1.93. The van der Waals surface area contributed by atoms with Gasteiger partial charge in [0.15, 0.2) is 5.34 Å². The van der Waals surface area contributed by atoms with E-state index in [1.807, 2.05) is 18.2 Å². The van der Waals surface area contributed by atoms with Gasteiger partial charge in [-0.15, -0.1) is 16.2 Å². The highest BCUT2D eigenvalue weighted by Crippen LogP contribution is 2.26. The lowest BCUT2D eigenvalue weighted by atomic mass is 10.3. The van der Waals surface area contributed by atoms with Crippen LogP contribution >= 0.6 is 11.3 Å². The van der Waals surface area contributed by atoms with Crippen LogP contribution in [-0.2, 0) is 4.84 Å². The molecule has 2 aromatic heterocycles. The Balaban J connectivity index is 2.26. The van der Waals surface area contributed by atoms with Crippen molar-refractivity contribution in [3.8, 4) is 10.6 Å². The molecule has 0 unspecified atom stereocenters. The zero-order chi connectivity index (χ0) is 11.4. The predicted octanol–water partition coefficient (Wildman–Crippen LogP) is 2.65. The molecule has 0 amide bonds. The minimum absolute atomic E-state index is 0.320. The summed E-state index contributed by atoms with van der Waals surface area (Å²) in [6, 6.07) is 8.81. The smallest absolute Gasteiger partial charge is 0.278 e. The van der Waals surface area contributed by atoms with E-state index in [4.69, 9.17) is 0 Å². The molecule has 2 aromatic rings. The van der Waals surface area contributed by atoms with Gasteiger partial charge in [0.2, 0.25) is 0 Å². The summed E-state index contributed by atoms with van der Waals surface area (Å²) < 4.78 is 0. The zero-order valence-corrected chi connectivity index (χ0v) is 8.81. The van der Waals surface area contributed by atoms with Gasteiger partial charge in [0, 0.05) is 6.20 Å². The van der Waals surface area contributed by atoms with Crippen LogP contribution in [0.1, 0.15) is 9.67 Å². The van der Waals surface area contributed by atoms with Crippen molar-refractivity contribution in [2.45, 2.75) is 0 Å². The summed E-state index contributed by atoms with van der Waals surface area (Å²) in [5, 5.41) is 2.09. The number of aromatic nitrogens is 1. The Morgan fingerprint density at radius 1 is 1.31 bits per heavy atom. The van der Waals surface area contributed by atoms with E-state index in [9.17, 15) is 9.70 Å². The lowest BCUT2D eigenvalue weighted by molar-refractivity contribution is 0.0514. The molecule has 0 aliphatic carbocycles. The fraction of sp³-hybridized carbons (Fsp3) is 0. The maximum atomic E-state index is 11.2. The van der Waals surface area contributed by atoms with Crippen LogP contribution in [0.25, 0.3) is 10.6 Å². The lowest BCUT2D eigenvalue weighted by Crippen LogP contribution is -1.95. The average Bonchev–Trinajstić information content (AvgIpc) is 2.80. The van der Waals surface area contributed by atoms with Crippen molar-refractivity contribution in [1.29, 1.82) is 0 Å². The summed E-state index contributed by atoms with van der Waals surface area (Å²) in [6.07, 6.45) is 1.67. The first-order chi connectivity index (χ1) is 7.81. The van der Waals surface area contributed by atoms with Gasteiger partial charge in [-0.3, -0.25) is 9.82 Å². The SMILES string of the molecule is O=NOC(=O)c1ccc(-c2ccccn2)s1. The molecule has 0 bridgehead atoms. The van der Waals surface area contributed by atoms with E-state index in [0.717, 1.165) is 10.6 Å². The molecule has 0 spiro atoms. The number of thiophene rings is 1. The molecular weight excluding hydrogens is 228 g/mol. The number of hydrogen-bond acceptors (Lipinski definition) is 6. The number of hydrogen-bond donors (Lipinski definition) is 0. The van der Waals surface area contributed by atoms with E-state index in [-0.39, 0.29) is 0 Å². The molecule has 0 saturated heterocycles. The van der Waals surface area contributed by atoms with E-state index in [2.05, 4.69) is 15.2 Å². The number of carbonyl (C=O) groups excluding carboxylic acids is 1. The van der Waals surface area contributed by atoms with Crippen molar-refractivity contribution < 1.29 is 9.63 Å². The molecule has 0 saturated carbocycles. The van der Waals surface area contributed by atoms with Crippen LogP contribution in [0, 0.1) is 4.91 Å².